The first-order valence-corrected chi connectivity index (χ1v) is 18.8. The van der Waals surface area contributed by atoms with Crippen molar-refractivity contribution < 1.29 is 28.1 Å². The zero-order valence-electron chi connectivity index (χ0n) is 32.2. The van der Waals surface area contributed by atoms with Crippen LogP contribution in [0, 0.1) is 18.2 Å². The molecule has 6 heterocycles. The number of ether oxygens (including phenoxy) is 4. The van der Waals surface area contributed by atoms with Crippen LogP contribution in [0.25, 0.3) is 32.9 Å². The minimum absolute atomic E-state index is 0.00562. The van der Waals surface area contributed by atoms with Crippen LogP contribution in [0.5, 0.6) is 11.8 Å². The number of piperazine rings is 1. The minimum Gasteiger partial charge on any atom is -0.468 e. The van der Waals surface area contributed by atoms with E-state index in [0.29, 0.717) is 40.0 Å². The van der Waals surface area contributed by atoms with E-state index in [0.717, 1.165) is 55.3 Å². The van der Waals surface area contributed by atoms with Gasteiger partial charge in [0.2, 0.25) is 0 Å². The second-order valence-electron chi connectivity index (χ2n) is 16.4. The number of carbonyl (C=O) groups is 1. The minimum atomic E-state index is -0.644. The predicted octanol–water partition coefficient (Wildman–Crippen LogP) is 7.26. The Kier molecular flexibility index (Phi) is 9.21. The summed E-state index contributed by atoms with van der Waals surface area (Å²) in [6.45, 7) is 18.5. The zero-order valence-corrected chi connectivity index (χ0v) is 32.2. The number of amides is 1. The van der Waals surface area contributed by atoms with Gasteiger partial charge in [-0.1, -0.05) is 42.4 Å². The van der Waals surface area contributed by atoms with E-state index in [1.54, 1.807) is 12.3 Å². The van der Waals surface area contributed by atoms with Gasteiger partial charge < -0.3 is 23.8 Å². The third-order valence-electron chi connectivity index (χ3n) is 11.4. The van der Waals surface area contributed by atoms with Crippen LogP contribution in [0.4, 0.5) is 15.0 Å². The monoisotopic (exact) mass is 746 g/mol. The van der Waals surface area contributed by atoms with E-state index in [-0.39, 0.29) is 60.4 Å². The molecule has 3 atom stereocenters. The van der Waals surface area contributed by atoms with Crippen molar-refractivity contribution >= 4 is 33.6 Å². The Labute approximate surface area is 321 Å². The number of aromatic nitrogens is 3. The Morgan fingerprint density at radius 2 is 1.87 bits per heavy atom. The van der Waals surface area contributed by atoms with Crippen LogP contribution in [0.1, 0.15) is 58.9 Å². The third-order valence-corrected chi connectivity index (χ3v) is 11.4. The van der Waals surface area contributed by atoms with Crippen molar-refractivity contribution in [3.8, 4) is 35.4 Å². The van der Waals surface area contributed by atoms with Gasteiger partial charge in [-0.05, 0) is 77.0 Å². The Hall–Kier alpha value is -5.25. The number of hydrogen-bond acceptors (Lipinski definition) is 10. The van der Waals surface area contributed by atoms with Gasteiger partial charge in [-0.25, -0.2) is 9.18 Å². The summed E-state index contributed by atoms with van der Waals surface area (Å²) in [5, 5.41) is 1.86. The molecule has 0 radical (unpaired) electrons. The second kappa shape index (κ2) is 13.8. The molecule has 0 aliphatic carbocycles. The first-order chi connectivity index (χ1) is 26.3. The first kappa shape index (κ1) is 36.7. The first-order valence-electron chi connectivity index (χ1n) is 18.8. The molecule has 4 fully saturated rings. The van der Waals surface area contributed by atoms with Crippen LogP contribution in [0.2, 0.25) is 0 Å². The Morgan fingerprint density at radius 1 is 1.11 bits per heavy atom. The van der Waals surface area contributed by atoms with Crippen molar-refractivity contribution in [2.24, 2.45) is 0 Å². The van der Waals surface area contributed by atoms with Crippen molar-refractivity contribution in [3.63, 3.8) is 0 Å². The molecule has 2 aromatic carbocycles. The summed E-state index contributed by atoms with van der Waals surface area (Å²) in [4.78, 5) is 34.4. The van der Waals surface area contributed by atoms with Crippen LogP contribution in [0.3, 0.4) is 0 Å². The number of carbonyl (C=O) groups excluding carboxylic acids is 1. The van der Waals surface area contributed by atoms with Gasteiger partial charge >= 0.3 is 12.1 Å². The fourth-order valence-electron chi connectivity index (χ4n) is 9.11. The van der Waals surface area contributed by atoms with Gasteiger partial charge in [0.05, 0.1) is 23.0 Å². The van der Waals surface area contributed by atoms with E-state index in [1.807, 2.05) is 49.9 Å². The van der Waals surface area contributed by atoms with Crippen LogP contribution in [-0.4, -0.2) is 100 Å². The van der Waals surface area contributed by atoms with E-state index in [9.17, 15) is 4.79 Å². The summed E-state index contributed by atoms with van der Waals surface area (Å²) in [6, 6.07) is 8.76. The Bertz CT molecular complexity index is 2260. The molecule has 4 aliphatic heterocycles. The highest BCUT2D eigenvalue weighted by molar-refractivity contribution is 6.03. The maximum atomic E-state index is 17.4. The standard InChI is InChI=1S/C43H47FN6O5/c1-9-28-11-10-12-29-15-31(54-24-52-8)16-32(35(28)29)37-36(44)38-33(19-45-37)39(47-40(46-38)53-23-43-17-25(2)20-48(43)21-26(3)18-43)49-22-30-13-14-34(27(49)4)50(30)41(51)55-42(5,6)7/h1,10-12,15-16,19,27,30,34H,2-3,13-14,17-18,20-24H2,4-8H3/t27-,30-,34+/m1/s1. The molecule has 1 amide bonds. The van der Waals surface area contributed by atoms with E-state index in [4.69, 9.17) is 40.3 Å². The maximum absolute atomic E-state index is 17.4. The lowest BCUT2D eigenvalue weighted by Gasteiger charge is -2.46. The number of methoxy groups -OCH3 is 1. The van der Waals surface area contributed by atoms with Crippen molar-refractivity contribution in [2.75, 3.05) is 45.0 Å². The summed E-state index contributed by atoms with van der Waals surface area (Å²) in [5.41, 5.74) is 2.52. The van der Waals surface area contributed by atoms with Gasteiger partial charge in [0.1, 0.15) is 35.0 Å². The van der Waals surface area contributed by atoms with Crippen molar-refractivity contribution in [3.05, 3.63) is 72.2 Å². The average molecular weight is 747 g/mol. The largest absolute Gasteiger partial charge is 0.468 e. The van der Waals surface area contributed by atoms with E-state index in [2.05, 4.69) is 35.8 Å². The lowest BCUT2D eigenvalue weighted by molar-refractivity contribution is 0.00832. The number of anilines is 1. The SMILES string of the molecule is C#Cc1cccc2cc(OCOC)cc(-c3ncc4c(N5C[C@H]6CC[C@@H]([C@H]5C)N6C(=O)OC(C)(C)C)nc(OCC56CC(=C)CN5CC(=C)C6)nc4c3F)c12. The molecule has 286 valence electrons. The highest BCUT2D eigenvalue weighted by Gasteiger charge is 2.50. The number of fused-ring (bicyclic) bond motifs is 5. The zero-order chi connectivity index (χ0) is 38.8. The van der Waals surface area contributed by atoms with Gasteiger partial charge in [0, 0.05) is 55.5 Å². The fourth-order valence-corrected chi connectivity index (χ4v) is 9.11. The number of hydrogen-bond donors (Lipinski definition) is 0. The molecule has 12 heteroatoms. The topological polar surface area (TPSA) is 102 Å². The molecule has 0 unspecified atom stereocenters. The lowest BCUT2D eigenvalue weighted by atomic mass is 9.92. The molecule has 0 saturated carbocycles. The molecule has 55 heavy (non-hydrogen) atoms. The molecular formula is C43H47FN6O5. The number of terminal acetylenes is 1. The maximum Gasteiger partial charge on any atom is 0.410 e. The van der Waals surface area contributed by atoms with E-state index in [1.165, 1.54) is 7.11 Å². The van der Waals surface area contributed by atoms with Crippen LogP contribution < -0.4 is 14.4 Å². The third kappa shape index (κ3) is 6.53. The summed E-state index contributed by atoms with van der Waals surface area (Å²) in [5.74, 6) is 3.08. The van der Waals surface area contributed by atoms with E-state index >= 15 is 4.39 Å². The predicted molar refractivity (Wildman–Crippen MR) is 210 cm³/mol. The number of rotatable bonds is 8. The second-order valence-corrected chi connectivity index (χ2v) is 16.4. The van der Waals surface area contributed by atoms with Crippen molar-refractivity contribution in [1.82, 2.24) is 24.8 Å². The van der Waals surface area contributed by atoms with Gasteiger partial charge in [-0.2, -0.15) is 9.97 Å². The van der Waals surface area contributed by atoms with Crippen molar-refractivity contribution in [2.45, 2.75) is 82.6 Å². The van der Waals surface area contributed by atoms with Crippen LogP contribution in [-0.2, 0) is 9.47 Å². The molecule has 8 rings (SSSR count). The molecule has 4 aromatic rings. The van der Waals surface area contributed by atoms with E-state index < -0.39 is 11.4 Å². The van der Waals surface area contributed by atoms with Gasteiger partial charge in [-0.15, -0.1) is 6.42 Å². The molecule has 4 saturated heterocycles. The average Bonchev–Trinajstić information content (AvgIpc) is 3.75. The molecule has 2 aromatic heterocycles. The summed E-state index contributed by atoms with van der Waals surface area (Å²) >= 11 is 0. The molecule has 4 aliphatic rings. The van der Waals surface area contributed by atoms with Crippen LogP contribution in [0.15, 0.2) is 60.8 Å². The van der Waals surface area contributed by atoms with Crippen molar-refractivity contribution in [1.29, 1.82) is 0 Å². The number of halogens is 1. The van der Waals surface area contributed by atoms with Gasteiger partial charge in [0.25, 0.3) is 0 Å². The quantitative estimate of drug-likeness (QED) is 0.104. The lowest BCUT2D eigenvalue weighted by Crippen LogP contribution is -2.61. The Morgan fingerprint density at radius 3 is 2.58 bits per heavy atom. The summed E-state index contributed by atoms with van der Waals surface area (Å²) < 4.78 is 40.8. The fraction of sp³-hybridized carbons (Fsp3) is 0.442. The molecule has 2 bridgehead atoms. The van der Waals surface area contributed by atoms with Gasteiger partial charge in [0.15, 0.2) is 12.6 Å². The smallest absolute Gasteiger partial charge is 0.410 e. The Balaban J connectivity index is 1.25. The number of benzene rings is 2. The normalized spacial score (nSPS) is 22.0. The highest BCUT2D eigenvalue weighted by Crippen LogP contribution is 2.44. The molecular weight excluding hydrogens is 700 g/mol. The van der Waals surface area contributed by atoms with Gasteiger partial charge in [-0.3, -0.25) is 14.8 Å². The summed E-state index contributed by atoms with van der Waals surface area (Å²) in [6.07, 6.45) is 10.4. The summed E-state index contributed by atoms with van der Waals surface area (Å²) in [7, 11) is 1.53. The highest BCUT2D eigenvalue weighted by atomic mass is 19.1. The number of pyridine rings is 1. The van der Waals surface area contributed by atoms with Crippen LogP contribution >= 0.6 is 0 Å². The molecule has 0 N–H and O–H groups in total. The molecule has 0 spiro atoms. The number of nitrogens with zero attached hydrogens (tertiary/aromatic N) is 6. The molecule has 11 nitrogen and oxygen atoms in total.